The molecule has 0 spiro atoms. The normalized spacial score (nSPS) is 13.3. The van der Waals surface area contributed by atoms with Crippen molar-refractivity contribution in [2.45, 2.75) is 39.7 Å². The first kappa shape index (κ1) is 18.0. The Morgan fingerprint density at radius 1 is 1.45 bits per heavy atom. The number of hydrogen-bond donors (Lipinski definition) is 1. The third-order valence-corrected chi connectivity index (χ3v) is 3.34. The Bertz CT molecular complexity index is 564. The lowest BCUT2D eigenvalue weighted by Gasteiger charge is -2.30. The highest BCUT2D eigenvalue weighted by molar-refractivity contribution is 5.98. The van der Waals surface area contributed by atoms with Crippen LogP contribution in [0.25, 0.3) is 0 Å². The molecular weight excluding hydrogens is 280 g/mol. The van der Waals surface area contributed by atoms with Gasteiger partial charge in [-0.3, -0.25) is 4.79 Å². The summed E-state index contributed by atoms with van der Waals surface area (Å²) in [6.07, 6.45) is 0.602. The van der Waals surface area contributed by atoms with Crippen molar-refractivity contribution < 1.29 is 14.3 Å². The molecule has 5 nitrogen and oxygen atoms in total. The highest BCUT2D eigenvalue weighted by atomic mass is 16.5. The summed E-state index contributed by atoms with van der Waals surface area (Å²) in [5.74, 6) is 0.641. The molecule has 0 radical (unpaired) electrons. The third kappa shape index (κ3) is 4.47. The van der Waals surface area contributed by atoms with Crippen LogP contribution in [0.4, 0.5) is 5.69 Å². The van der Waals surface area contributed by atoms with Crippen LogP contribution >= 0.6 is 0 Å². The van der Waals surface area contributed by atoms with E-state index in [0.29, 0.717) is 35.9 Å². The molecule has 1 aromatic carbocycles. The Balaban J connectivity index is 3.01. The maximum atomic E-state index is 12.6. The second kappa shape index (κ2) is 7.81. The quantitative estimate of drug-likeness (QED) is 0.838. The largest absolute Gasteiger partial charge is 0.497 e. The summed E-state index contributed by atoms with van der Waals surface area (Å²) < 4.78 is 10.8. The van der Waals surface area contributed by atoms with E-state index < -0.39 is 5.60 Å². The number of anilines is 1. The Morgan fingerprint density at radius 2 is 2.14 bits per heavy atom. The van der Waals surface area contributed by atoms with E-state index in [1.165, 1.54) is 7.11 Å². The average Bonchev–Trinajstić information content (AvgIpc) is 2.46. The zero-order valence-electron chi connectivity index (χ0n) is 13.9. The van der Waals surface area contributed by atoms with Gasteiger partial charge in [-0.15, -0.1) is 0 Å². The van der Waals surface area contributed by atoms with Crippen molar-refractivity contribution in [2.75, 3.05) is 19.0 Å². The van der Waals surface area contributed by atoms with Crippen LogP contribution in [0.5, 0.6) is 5.75 Å². The Morgan fingerprint density at radius 3 is 2.64 bits per heavy atom. The molecule has 1 atom stereocenters. The first-order valence-corrected chi connectivity index (χ1v) is 7.39. The fourth-order valence-corrected chi connectivity index (χ4v) is 2.42. The summed E-state index contributed by atoms with van der Waals surface area (Å²) >= 11 is 0. The van der Waals surface area contributed by atoms with Crippen LogP contribution in [0.2, 0.25) is 0 Å². The van der Waals surface area contributed by atoms with Gasteiger partial charge in [-0.05, 0) is 44.4 Å². The molecule has 0 heterocycles. The highest BCUT2D eigenvalue weighted by Gasteiger charge is 2.35. The van der Waals surface area contributed by atoms with Crippen molar-refractivity contribution >= 4 is 11.6 Å². The fraction of sp³-hybridized carbons (Fsp3) is 0.529. The number of amides is 1. The van der Waals surface area contributed by atoms with Gasteiger partial charge in [-0.1, -0.05) is 13.8 Å². The van der Waals surface area contributed by atoms with E-state index in [0.717, 1.165) is 0 Å². The van der Waals surface area contributed by atoms with E-state index in [2.05, 4.69) is 11.4 Å². The number of nitrogens with one attached hydrogen (secondary N) is 1. The minimum atomic E-state index is -0.921. The minimum Gasteiger partial charge on any atom is -0.497 e. The molecule has 1 amide bonds. The predicted molar refractivity (Wildman–Crippen MR) is 85.8 cm³/mol. The van der Waals surface area contributed by atoms with Gasteiger partial charge in [0.1, 0.15) is 17.4 Å². The van der Waals surface area contributed by atoms with Gasteiger partial charge < -0.3 is 14.8 Å². The van der Waals surface area contributed by atoms with Crippen LogP contribution in [0, 0.1) is 17.2 Å². The van der Waals surface area contributed by atoms with Gasteiger partial charge in [0.15, 0.2) is 0 Å². The summed E-state index contributed by atoms with van der Waals surface area (Å²) in [4.78, 5) is 12.6. The summed E-state index contributed by atoms with van der Waals surface area (Å²) in [6.45, 7) is 8.17. The van der Waals surface area contributed by atoms with Crippen LogP contribution in [0.3, 0.4) is 0 Å². The van der Waals surface area contributed by atoms with Gasteiger partial charge >= 0.3 is 0 Å². The number of benzene rings is 1. The number of carbonyl (C=O) groups is 1. The van der Waals surface area contributed by atoms with Gasteiger partial charge in [-0.25, -0.2) is 0 Å². The molecule has 1 N–H and O–H groups in total. The first-order valence-electron chi connectivity index (χ1n) is 7.39. The molecule has 0 saturated carbocycles. The highest BCUT2D eigenvalue weighted by Crippen LogP contribution is 2.26. The lowest BCUT2D eigenvalue weighted by Crippen LogP contribution is -2.44. The second-order valence-corrected chi connectivity index (χ2v) is 5.74. The second-order valence-electron chi connectivity index (χ2n) is 5.74. The van der Waals surface area contributed by atoms with E-state index in [4.69, 9.17) is 9.47 Å². The molecule has 1 unspecified atom stereocenters. The van der Waals surface area contributed by atoms with Gasteiger partial charge in [0.05, 0.1) is 18.4 Å². The molecule has 0 aliphatic heterocycles. The molecule has 22 heavy (non-hydrogen) atoms. The van der Waals surface area contributed by atoms with Gasteiger partial charge in [0.25, 0.3) is 5.91 Å². The number of methoxy groups -OCH3 is 1. The molecule has 0 aliphatic carbocycles. The van der Waals surface area contributed by atoms with Crippen molar-refractivity contribution in [1.29, 1.82) is 5.26 Å². The van der Waals surface area contributed by atoms with Crippen LogP contribution < -0.4 is 10.1 Å². The van der Waals surface area contributed by atoms with Crippen LogP contribution in [-0.4, -0.2) is 25.2 Å². The summed E-state index contributed by atoms with van der Waals surface area (Å²) in [5.41, 5.74) is -0.102. The number of ether oxygens (including phenoxy) is 2. The van der Waals surface area contributed by atoms with Gasteiger partial charge in [0.2, 0.25) is 0 Å². The molecule has 0 aromatic heterocycles. The number of nitrogens with zero attached hydrogens (tertiary/aromatic N) is 1. The van der Waals surface area contributed by atoms with Crippen molar-refractivity contribution in [2.24, 2.45) is 5.92 Å². The van der Waals surface area contributed by atoms with Crippen molar-refractivity contribution in [3.05, 3.63) is 23.8 Å². The molecule has 5 heteroatoms. The minimum absolute atomic E-state index is 0.246. The van der Waals surface area contributed by atoms with Crippen molar-refractivity contribution in [1.82, 2.24) is 0 Å². The lowest BCUT2D eigenvalue weighted by molar-refractivity contribution is -0.140. The SMILES string of the molecule is CCOC(C)(CC(C)C)C(=O)Nc1ccc(OC)cc1C#N. The van der Waals surface area contributed by atoms with Crippen molar-refractivity contribution in [3.63, 3.8) is 0 Å². The molecule has 0 saturated heterocycles. The standard InChI is InChI=1S/C17H24N2O3/c1-6-22-17(4,10-12(2)3)16(20)19-15-8-7-14(21-5)9-13(15)11-18/h7-9,12H,6,10H2,1-5H3,(H,19,20). The fourth-order valence-electron chi connectivity index (χ4n) is 2.42. The molecule has 120 valence electrons. The number of rotatable bonds is 7. The Hall–Kier alpha value is -2.06. The van der Waals surface area contributed by atoms with Gasteiger partial charge in [-0.2, -0.15) is 5.26 Å². The molecule has 0 fully saturated rings. The topological polar surface area (TPSA) is 71.3 Å². The van der Waals surface area contributed by atoms with E-state index >= 15 is 0 Å². The molecular formula is C17H24N2O3. The van der Waals surface area contributed by atoms with Crippen LogP contribution in [0.1, 0.15) is 39.7 Å². The van der Waals surface area contributed by atoms with E-state index in [1.807, 2.05) is 20.8 Å². The number of carbonyl (C=O) groups excluding carboxylic acids is 1. The number of hydrogen-bond acceptors (Lipinski definition) is 4. The molecule has 1 rings (SSSR count). The smallest absolute Gasteiger partial charge is 0.256 e. The summed E-state index contributed by atoms with van der Waals surface area (Å²) in [5, 5.41) is 12.0. The zero-order valence-corrected chi connectivity index (χ0v) is 13.9. The number of nitriles is 1. The predicted octanol–water partition coefficient (Wildman–Crippen LogP) is 3.35. The van der Waals surface area contributed by atoms with E-state index in [1.54, 1.807) is 25.1 Å². The lowest BCUT2D eigenvalue weighted by atomic mass is 9.93. The van der Waals surface area contributed by atoms with Crippen LogP contribution in [-0.2, 0) is 9.53 Å². The monoisotopic (exact) mass is 304 g/mol. The maximum absolute atomic E-state index is 12.6. The van der Waals surface area contributed by atoms with Crippen LogP contribution in [0.15, 0.2) is 18.2 Å². The zero-order chi connectivity index (χ0) is 16.8. The molecule has 1 aromatic rings. The molecule has 0 bridgehead atoms. The summed E-state index contributed by atoms with van der Waals surface area (Å²) in [7, 11) is 1.53. The maximum Gasteiger partial charge on any atom is 0.256 e. The third-order valence-electron chi connectivity index (χ3n) is 3.34. The Labute approximate surface area is 132 Å². The Kier molecular flexibility index (Phi) is 6.39. The average molecular weight is 304 g/mol. The van der Waals surface area contributed by atoms with E-state index in [-0.39, 0.29) is 5.91 Å². The summed E-state index contributed by atoms with van der Waals surface area (Å²) in [6, 6.07) is 7.03. The first-order chi connectivity index (χ1) is 10.4. The van der Waals surface area contributed by atoms with E-state index in [9.17, 15) is 10.1 Å². The van der Waals surface area contributed by atoms with Crippen molar-refractivity contribution in [3.8, 4) is 11.8 Å². The van der Waals surface area contributed by atoms with Gasteiger partial charge in [0, 0.05) is 6.61 Å². The molecule has 0 aliphatic rings.